The number of benzene rings is 1. The second kappa shape index (κ2) is 5.69. The summed E-state index contributed by atoms with van der Waals surface area (Å²) in [6.07, 6.45) is 2.76. The maximum absolute atomic E-state index is 5.71. The summed E-state index contributed by atoms with van der Waals surface area (Å²) in [6, 6.07) is 7.94. The number of hydrogen-bond acceptors (Lipinski definition) is 3. The Morgan fingerprint density at radius 3 is 2.50 bits per heavy atom. The van der Waals surface area contributed by atoms with Crippen LogP contribution in [0.3, 0.4) is 0 Å². The Hall–Kier alpha value is -1.81. The fourth-order valence-corrected chi connectivity index (χ4v) is 2.03. The van der Waals surface area contributed by atoms with Crippen LogP contribution in [0.4, 0.5) is 0 Å². The van der Waals surface area contributed by atoms with E-state index in [1.807, 2.05) is 42.1 Å². The average molecular weight is 245 g/mol. The SMILES string of the molecule is CCOc1ccc(-n2ncc(CN)c2CC)cc1. The molecule has 0 fully saturated rings. The van der Waals surface area contributed by atoms with Crippen LogP contribution >= 0.6 is 0 Å². The molecule has 2 aromatic rings. The van der Waals surface area contributed by atoms with Crippen LogP contribution in [0.2, 0.25) is 0 Å². The fourth-order valence-electron chi connectivity index (χ4n) is 2.03. The monoisotopic (exact) mass is 245 g/mol. The highest BCUT2D eigenvalue weighted by molar-refractivity contribution is 5.39. The van der Waals surface area contributed by atoms with E-state index in [4.69, 9.17) is 10.5 Å². The molecule has 18 heavy (non-hydrogen) atoms. The molecule has 0 bridgehead atoms. The minimum absolute atomic E-state index is 0.528. The summed E-state index contributed by atoms with van der Waals surface area (Å²) in [6.45, 7) is 5.30. The molecule has 0 spiro atoms. The molecule has 1 aromatic carbocycles. The van der Waals surface area contributed by atoms with Crippen molar-refractivity contribution in [1.29, 1.82) is 0 Å². The Balaban J connectivity index is 2.33. The maximum Gasteiger partial charge on any atom is 0.119 e. The zero-order valence-electron chi connectivity index (χ0n) is 10.9. The second-order valence-corrected chi connectivity index (χ2v) is 4.01. The number of rotatable bonds is 5. The van der Waals surface area contributed by atoms with Crippen molar-refractivity contribution < 1.29 is 4.74 Å². The lowest BCUT2D eigenvalue weighted by atomic mass is 10.2. The van der Waals surface area contributed by atoms with Crippen LogP contribution in [0.25, 0.3) is 5.69 Å². The summed E-state index contributed by atoms with van der Waals surface area (Å²) < 4.78 is 7.37. The molecule has 0 aliphatic heterocycles. The molecule has 0 saturated heterocycles. The van der Waals surface area contributed by atoms with Crippen LogP contribution in [0, 0.1) is 0 Å². The van der Waals surface area contributed by atoms with Gasteiger partial charge in [-0.2, -0.15) is 5.10 Å². The first-order valence-corrected chi connectivity index (χ1v) is 6.29. The Morgan fingerprint density at radius 1 is 1.22 bits per heavy atom. The highest BCUT2D eigenvalue weighted by Gasteiger charge is 2.09. The number of aromatic nitrogens is 2. The number of nitrogens with two attached hydrogens (primary N) is 1. The van der Waals surface area contributed by atoms with Crippen molar-refractivity contribution in [1.82, 2.24) is 9.78 Å². The van der Waals surface area contributed by atoms with E-state index < -0.39 is 0 Å². The van der Waals surface area contributed by atoms with E-state index in [9.17, 15) is 0 Å². The van der Waals surface area contributed by atoms with Gasteiger partial charge in [0.05, 0.1) is 18.5 Å². The molecule has 0 aliphatic rings. The normalized spacial score (nSPS) is 10.6. The van der Waals surface area contributed by atoms with Gasteiger partial charge in [0.25, 0.3) is 0 Å². The summed E-state index contributed by atoms with van der Waals surface area (Å²) in [7, 11) is 0. The average Bonchev–Trinajstić information content (AvgIpc) is 2.82. The Morgan fingerprint density at radius 2 is 1.94 bits per heavy atom. The molecule has 0 amide bonds. The molecule has 0 radical (unpaired) electrons. The van der Waals surface area contributed by atoms with Crippen molar-refractivity contribution in [2.45, 2.75) is 26.8 Å². The Kier molecular flexibility index (Phi) is 3.99. The van der Waals surface area contributed by atoms with Gasteiger partial charge < -0.3 is 10.5 Å². The van der Waals surface area contributed by atoms with E-state index in [2.05, 4.69) is 12.0 Å². The predicted octanol–water partition coefficient (Wildman–Crippen LogP) is 2.29. The number of ether oxygens (including phenoxy) is 1. The van der Waals surface area contributed by atoms with Gasteiger partial charge in [-0.3, -0.25) is 0 Å². The molecule has 0 saturated carbocycles. The molecule has 0 atom stereocenters. The first-order chi connectivity index (χ1) is 8.80. The third kappa shape index (κ3) is 2.38. The molecular formula is C14H19N3O. The van der Waals surface area contributed by atoms with E-state index in [1.54, 1.807) is 0 Å². The van der Waals surface area contributed by atoms with Crippen molar-refractivity contribution in [3.63, 3.8) is 0 Å². The lowest BCUT2D eigenvalue weighted by Crippen LogP contribution is -2.05. The van der Waals surface area contributed by atoms with Crippen molar-refractivity contribution in [3.05, 3.63) is 41.7 Å². The molecule has 0 aliphatic carbocycles. The summed E-state index contributed by atoms with van der Waals surface area (Å²) in [4.78, 5) is 0. The van der Waals surface area contributed by atoms with E-state index in [-0.39, 0.29) is 0 Å². The van der Waals surface area contributed by atoms with Gasteiger partial charge in [0.15, 0.2) is 0 Å². The van der Waals surface area contributed by atoms with Crippen LogP contribution in [0.15, 0.2) is 30.5 Å². The van der Waals surface area contributed by atoms with Crippen molar-refractivity contribution in [3.8, 4) is 11.4 Å². The number of nitrogens with zero attached hydrogens (tertiary/aromatic N) is 2. The predicted molar refractivity (Wildman–Crippen MR) is 72.0 cm³/mol. The molecule has 4 nitrogen and oxygen atoms in total. The van der Waals surface area contributed by atoms with Crippen LogP contribution < -0.4 is 10.5 Å². The lowest BCUT2D eigenvalue weighted by molar-refractivity contribution is 0.340. The summed E-state index contributed by atoms with van der Waals surface area (Å²) in [5.41, 5.74) is 9.02. The minimum Gasteiger partial charge on any atom is -0.494 e. The van der Waals surface area contributed by atoms with E-state index in [0.29, 0.717) is 13.2 Å². The quantitative estimate of drug-likeness (QED) is 0.879. The second-order valence-electron chi connectivity index (χ2n) is 4.01. The summed E-state index contributed by atoms with van der Waals surface area (Å²) >= 11 is 0. The first kappa shape index (κ1) is 12.6. The Bertz CT molecular complexity index is 502. The van der Waals surface area contributed by atoms with Gasteiger partial charge in [-0.15, -0.1) is 0 Å². The van der Waals surface area contributed by atoms with Crippen molar-refractivity contribution >= 4 is 0 Å². The summed E-state index contributed by atoms with van der Waals surface area (Å²) in [5, 5.41) is 4.40. The topological polar surface area (TPSA) is 53.1 Å². The zero-order valence-corrected chi connectivity index (χ0v) is 10.9. The highest BCUT2D eigenvalue weighted by Crippen LogP contribution is 2.18. The van der Waals surface area contributed by atoms with Crippen LogP contribution in [0.5, 0.6) is 5.75 Å². The van der Waals surface area contributed by atoms with Crippen LogP contribution in [0.1, 0.15) is 25.1 Å². The zero-order chi connectivity index (χ0) is 13.0. The molecule has 1 heterocycles. The van der Waals surface area contributed by atoms with Gasteiger partial charge in [0.2, 0.25) is 0 Å². The largest absolute Gasteiger partial charge is 0.494 e. The lowest BCUT2D eigenvalue weighted by Gasteiger charge is -2.08. The smallest absolute Gasteiger partial charge is 0.119 e. The van der Waals surface area contributed by atoms with Gasteiger partial charge in [0, 0.05) is 17.8 Å². The van der Waals surface area contributed by atoms with Gasteiger partial charge in [0.1, 0.15) is 5.75 Å². The molecule has 0 unspecified atom stereocenters. The van der Waals surface area contributed by atoms with Gasteiger partial charge in [-0.05, 0) is 37.6 Å². The van der Waals surface area contributed by atoms with E-state index in [0.717, 1.165) is 23.4 Å². The number of hydrogen-bond donors (Lipinski definition) is 1. The van der Waals surface area contributed by atoms with Gasteiger partial charge in [-0.25, -0.2) is 4.68 Å². The molecular weight excluding hydrogens is 226 g/mol. The maximum atomic E-state index is 5.71. The van der Waals surface area contributed by atoms with Gasteiger partial charge in [-0.1, -0.05) is 6.92 Å². The van der Waals surface area contributed by atoms with Crippen LogP contribution in [-0.2, 0) is 13.0 Å². The molecule has 2 N–H and O–H groups in total. The van der Waals surface area contributed by atoms with E-state index >= 15 is 0 Å². The Labute approximate surface area is 107 Å². The summed E-state index contributed by atoms with van der Waals surface area (Å²) in [5.74, 6) is 0.880. The third-order valence-corrected chi connectivity index (χ3v) is 2.90. The molecule has 96 valence electrons. The van der Waals surface area contributed by atoms with Gasteiger partial charge >= 0.3 is 0 Å². The van der Waals surface area contributed by atoms with Crippen LogP contribution in [-0.4, -0.2) is 16.4 Å². The third-order valence-electron chi connectivity index (χ3n) is 2.90. The molecule has 4 heteroatoms. The molecule has 2 rings (SSSR count). The highest BCUT2D eigenvalue weighted by atomic mass is 16.5. The fraction of sp³-hybridized carbons (Fsp3) is 0.357. The molecule has 1 aromatic heterocycles. The minimum atomic E-state index is 0.528. The standard InChI is InChI=1S/C14H19N3O/c1-3-14-11(9-15)10-16-17(14)12-5-7-13(8-6-12)18-4-2/h5-8,10H,3-4,9,15H2,1-2H3. The first-order valence-electron chi connectivity index (χ1n) is 6.29. The van der Waals surface area contributed by atoms with E-state index in [1.165, 1.54) is 5.69 Å². The van der Waals surface area contributed by atoms with Crippen molar-refractivity contribution in [2.75, 3.05) is 6.61 Å². The van der Waals surface area contributed by atoms with Crippen molar-refractivity contribution in [2.24, 2.45) is 5.73 Å².